The molecule has 6 rings (SSSR count). The molecule has 4 amide bonds. The van der Waals surface area contributed by atoms with Crippen molar-refractivity contribution in [3.05, 3.63) is 73.3 Å². The van der Waals surface area contributed by atoms with Gasteiger partial charge in [0.05, 0.1) is 32.8 Å². The van der Waals surface area contributed by atoms with Gasteiger partial charge in [-0.3, -0.25) is 44.3 Å². The van der Waals surface area contributed by atoms with Gasteiger partial charge >= 0.3 is 11.4 Å². The molecule has 1 saturated carbocycles. The van der Waals surface area contributed by atoms with E-state index in [9.17, 15) is 44.5 Å². The fraction of sp³-hybridized carbons (Fsp3) is 0.400. The van der Waals surface area contributed by atoms with E-state index >= 15 is 0 Å². The maximum atomic E-state index is 14.3. The van der Waals surface area contributed by atoms with E-state index in [1.807, 2.05) is 0 Å². The number of imide groups is 2. The molecule has 2 aromatic carbocycles. The first-order chi connectivity index (χ1) is 22.0. The van der Waals surface area contributed by atoms with Gasteiger partial charge in [-0.25, -0.2) is 4.90 Å². The molecule has 0 aromatic heterocycles. The van der Waals surface area contributed by atoms with Gasteiger partial charge in [0.25, 0.3) is 11.8 Å². The minimum absolute atomic E-state index is 0.0116. The molecular formula is C30H26BrCl2N5O9. The van der Waals surface area contributed by atoms with Crippen LogP contribution in [0.15, 0.2) is 42.0 Å². The summed E-state index contributed by atoms with van der Waals surface area (Å²) in [6, 6.07) is 6.49. The standard InChI is InChI=1S/C30H26BrCl2N5O9/c1-13-8-14(4-7-21(13)39)23-16-5-6-17-22(18(16)11-29(32)27(42)35(12-31)28(43)30(23,29)33)26(41)36(25(17)40)15-9-19(37(44)45)24(34(2)3)20(10-15)38(46)47/h4-5,7-10,17-18,22-23,39H,6,11-12H2,1-3H3. The van der Waals surface area contributed by atoms with E-state index in [1.165, 1.54) is 25.1 Å². The molecule has 2 aliphatic heterocycles. The second-order valence-electron chi connectivity index (χ2n) is 12.3. The Hall–Kier alpha value is -4.08. The first-order valence-electron chi connectivity index (χ1n) is 14.3. The van der Waals surface area contributed by atoms with Crippen molar-refractivity contribution >= 4 is 85.5 Å². The van der Waals surface area contributed by atoms with E-state index < -0.39 is 78.3 Å². The van der Waals surface area contributed by atoms with Gasteiger partial charge in [0.1, 0.15) is 5.75 Å². The van der Waals surface area contributed by atoms with Gasteiger partial charge in [0.15, 0.2) is 15.4 Å². The molecule has 1 N–H and O–H groups in total. The molecule has 0 spiro atoms. The van der Waals surface area contributed by atoms with Crippen LogP contribution < -0.4 is 9.80 Å². The Morgan fingerprint density at radius 3 is 2.15 bits per heavy atom. The van der Waals surface area contributed by atoms with Crippen LogP contribution in [-0.4, -0.2) is 72.8 Å². The quantitative estimate of drug-likeness (QED) is 0.110. The van der Waals surface area contributed by atoms with Crippen molar-refractivity contribution in [3.8, 4) is 5.75 Å². The number of carbonyl (C=O) groups excluding carboxylic acids is 4. The van der Waals surface area contributed by atoms with Gasteiger partial charge in [-0.1, -0.05) is 39.7 Å². The summed E-state index contributed by atoms with van der Waals surface area (Å²) in [6.45, 7) is 1.64. The number of carbonyl (C=O) groups is 4. The van der Waals surface area contributed by atoms with Crippen LogP contribution >= 0.6 is 39.1 Å². The number of fused-ring (bicyclic) bond motifs is 4. The fourth-order valence-corrected chi connectivity index (χ4v) is 9.12. The summed E-state index contributed by atoms with van der Waals surface area (Å²) in [5, 5.41) is 34.3. The van der Waals surface area contributed by atoms with Crippen LogP contribution in [0.4, 0.5) is 22.7 Å². The molecular weight excluding hydrogens is 725 g/mol. The maximum Gasteiger partial charge on any atom is 0.301 e. The highest BCUT2D eigenvalue weighted by molar-refractivity contribution is 9.09. The Bertz CT molecular complexity index is 1840. The number of amides is 4. The molecule has 246 valence electrons. The van der Waals surface area contributed by atoms with Crippen molar-refractivity contribution in [3.63, 3.8) is 0 Å². The second-order valence-corrected chi connectivity index (χ2v) is 14.0. The molecule has 2 heterocycles. The average Bonchev–Trinajstić information content (AvgIpc) is 3.35. The SMILES string of the molecule is Cc1cc(C2C3=CCC4C(=O)N(c5cc([N+](=O)[O-])c(N(C)C)c([N+](=O)[O-])c5)C(=O)C4C3CC3(Cl)C(=O)N(CBr)C(=O)C23Cl)ccc1O. The van der Waals surface area contributed by atoms with E-state index in [4.69, 9.17) is 23.2 Å². The number of phenolic OH excluding ortho intramolecular Hbond substituents is 1. The van der Waals surface area contributed by atoms with Crippen molar-refractivity contribution < 1.29 is 34.1 Å². The minimum Gasteiger partial charge on any atom is -0.508 e. The molecule has 17 heteroatoms. The first kappa shape index (κ1) is 32.8. The number of likely N-dealkylation sites (tertiary alicyclic amines) is 1. The van der Waals surface area contributed by atoms with Crippen molar-refractivity contribution in [2.45, 2.75) is 35.4 Å². The van der Waals surface area contributed by atoms with Crippen LogP contribution in [0.1, 0.15) is 29.9 Å². The summed E-state index contributed by atoms with van der Waals surface area (Å²) >= 11 is 17.6. The summed E-state index contributed by atoms with van der Waals surface area (Å²) in [5.41, 5.74) is -0.795. The lowest BCUT2D eigenvalue weighted by Crippen LogP contribution is -2.60. The van der Waals surface area contributed by atoms with E-state index in [0.29, 0.717) is 16.7 Å². The third-order valence-electron chi connectivity index (χ3n) is 9.72. The van der Waals surface area contributed by atoms with Crippen LogP contribution in [0.3, 0.4) is 0 Å². The maximum absolute atomic E-state index is 14.3. The van der Waals surface area contributed by atoms with Crippen molar-refractivity contribution in [2.75, 3.05) is 29.3 Å². The number of nitrogens with zero attached hydrogens (tertiary/aromatic N) is 5. The van der Waals surface area contributed by atoms with Crippen LogP contribution in [0.2, 0.25) is 0 Å². The lowest BCUT2D eigenvalue weighted by atomic mass is 9.56. The molecule has 47 heavy (non-hydrogen) atoms. The second kappa shape index (κ2) is 11.0. The molecule has 0 radical (unpaired) electrons. The van der Waals surface area contributed by atoms with Gasteiger partial charge in [-0.05, 0) is 42.9 Å². The summed E-state index contributed by atoms with van der Waals surface area (Å²) in [7, 11) is 2.78. The Morgan fingerprint density at radius 2 is 1.62 bits per heavy atom. The van der Waals surface area contributed by atoms with Crippen LogP contribution in [0, 0.1) is 44.9 Å². The normalized spacial score (nSPS) is 29.8. The lowest BCUT2D eigenvalue weighted by Gasteiger charge is -2.50. The van der Waals surface area contributed by atoms with Crippen molar-refractivity contribution in [1.82, 2.24) is 4.90 Å². The number of hydrogen-bond acceptors (Lipinski definition) is 10. The Balaban J connectivity index is 1.51. The Morgan fingerprint density at radius 1 is 1.00 bits per heavy atom. The molecule has 6 unspecified atom stereocenters. The summed E-state index contributed by atoms with van der Waals surface area (Å²) in [4.78, 5) is 77.0. The predicted molar refractivity (Wildman–Crippen MR) is 173 cm³/mol. The molecule has 2 aromatic rings. The largest absolute Gasteiger partial charge is 0.508 e. The molecule has 2 aliphatic carbocycles. The average molecular weight is 751 g/mol. The topological polar surface area (TPSA) is 185 Å². The van der Waals surface area contributed by atoms with E-state index in [-0.39, 0.29) is 35.4 Å². The van der Waals surface area contributed by atoms with E-state index in [2.05, 4.69) is 15.9 Å². The number of phenols is 1. The zero-order chi connectivity index (χ0) is 34.5. The number of rotatable bonds is 6. The number of nitro benzene ring substituents is 2. The van der Waals surface area contributed by atoms with Gasteiger partial charge in [0, 0.05) is 32.1 Å². The number of aryl methyl sites for hydroxylation is 1. The lowest BCUT2D eigenvalue weighted by molar-refractivity contribution is -0.392. The van der Waals surface area contributed by atoms with Crippen LogP contribution in [0.5, 0.6) is 5.75 Å². The minimum atomic E-state index is -2.05. The number of allylic oxidation sites excluding steroid dienone is 2. The first-order valence-corrected chi connectivity index (χ1v) is 16.2. The smallest absolute Gasteiger partial charge is 0.301 e. The van der Waals surface area contributed by atoms with Gasteiger partial charge in [-0.15, -0.1) is 23.2 Å². The number of aromatic hydroxyl groups is 1. The highest BCUT2D eigenvalue weighted by Crippen LogP contribution is 2.65. The zero-order valence-corrected chi connectivity index (χ0v) is 28.1. The number of anilines is 2. The van der Waals surface area contributed by atoms with E-state index in [1.54, 1.807) is 25.1 Å². The molecule has 0 bridgehead atoms. The molecule has 2 saturated heterocycles. The Kier molecular flexibility index (Phi) is 7.68. The predicted octanol–water partition coefficient (Wildman–Crippen LogP) is 4.50. The number of alkyl halides is 3. The number of halogens is 3. The highest BCUT2D eigenvalue weighted by atomic mass is 79.9. The molecule has 6 atom stereocenters. The van der Waals surface area contributed by atoms with Crippen molar-refractivity contribution in [1.29, 1.82) is 0 Å². The van der Waals surface area contributed by atoms with E-state index in [0.717, 1.165) is 21.9 Å². The summed E-state index contributed by atoms with van der Waals surface area (Å²) < 4.78 is 0. The third-order valence-corrected chi connectivity index (χ3v) is 11.6. The van der Waals surface area contributed by atoms with Gasteiger partial charge in [0.2, 0.25) is 11.8 Å². The third kappa shape index (κ3) is 4.35. The number of nitro groups is 2. The van der Waals surface area contributed by atoms with Crippen LogP contribution in [0.25, 0.3) is 0 Å². The molecule has 4 aliphatic rings. The van der Waals surface area contributed by atoms with Gasteiger partial charge in [-0.2, -0.15) is 0 Å². The fourth-order valence-electron chi connectivity index (χ4n) is 7.69. The number of hydrogen-bond donors (Lipinski definition) is 1. The molecule has 3 fully saturated rings. The van der Waals surface area contributed by atoms with Crippen molar-refractivity contribution in [2.24, 2.45) is 17.8 Å². The number of benzene rings is 2. The summed E-state index contributed by atoms with van der Waals surface area (Å²) in [6.07, 6.45) is 1.43. The highest BCUT2D eigenvalue weighted by Gasteiger charge is 2.76. The Labute approximate surface area is 285 Å². The van der Waals surface area contributed by atoms with Crippen LogP contribution in [-0.2, 0) is 19.2 Å². The summed E-state index contributed by atoms with van der Waals surface area (Å²) in [5.74, 6) is -7.13. The molecule has 14 nitrogen and oxygen atoms in total. The monoisotopic (exact) mass is 749 g/mol. The zero-order valence-electron chi connectivity index (χ0n) is 25.0. The van der Waals surface area contributed by atoms with Gasteiger partial charge < -0.3 is 10.0 Å².